The van der Waals surface area contributed by atoms with Gasteiger partial charge in [-0.3, -0.25) is 19.2 Å². The van der Waals surface area contributed by atoms with Crippen molar-refractivity contribution in [3.8, 4) is 0 Å². The van der Waals surface area contributed by atoms with E-state index in [2.05, 4.69) is 17.7 Å². The van der Waals surface area contributed by atoms with Gasteiger partial charge < -0.3 is 20.8 Å². The number of aliphatic carboxylic acids is 2. The molecule has 8 nitrogen and oxygen atoms in total. The van der Waals surface area contributed by atoms with Crippen LogP contribution < -0.4 is 10.6 Å². The SMILES string of the molecule is C.C.C.CC(=O)C1C(C(C)=O)C(C(=O)O)C1C(=O)O.CNC.CNC1CCCC1.[Y]. The summed E-state index contributed by atoms with van der Waals surface area (Å²) in [6.07, 6.45) is 5.67. The van der Waals surface area contributed by atoms with Crippen LogP contribution in [-0.2, 0) is 51.9 Å². The molecule has 9 heteroatoms. The molecular weight excluding hydrogens is 465 g/mol. The standard InChI is InChI=1S/C10H12O6.C6H13N.C2H7N.3CH4.Y/c1-3(11)5-6(4(2)12)8(10(15)16)7(5)9(13)14;1-7-6-4-2-3-5-6;1-3-2;;;;/h5-8H,1-2H3,(H,13,14)(H,15,16);6-7H,2-5H2,1H3;3H,1-2H3;3*1H4;. The molecule has 177 valence electrons. The Bertz CT molecular complexity index is 430. The van der Waals surface area contributed by atoms with Gasteiger partial charge in [0, 0.05) is 50.6 Å². The van der Waals surface area contributed by atoms with Gasteiger partial charge in [0.2, 0.25) is 0 Å². The first kappa shape index (κ1) is 39.7. The molecule has 0 aliphatic heterocycles. The summed E-state index contributed by atoms with van der Waals surface area (Å²) in [7, 11) is 5.80. The summed E-state index contributed by atoms with van der Waals surface area (Å²) in [5.41, 5.74) is 0. The van der Waals surface area contributed by atoms with Crippen molar-refractivity contribution < 1.29 is 62.1 Å². The third kappa shape index (κ3) is 11.6. The molecule has 2 aliphatic rings. The van der Waals surface area contributed by atoms with Crippen molar-refractivity contribution in [1.82, 2.24) is 10.6 Å². The van der Waals surface area contributed by atoms with Gasteiger partial charge in [-0.25, -0.2) is 0 Å². The zero-order chi connectivity index (χ0) is 20.4. The Kier molecular flexibility index (Phi) is 26.8. The van der Waals surface area contributed by atoms with Gasteiger partial charge in [-0.2, -0.15) is 0 Å². The average Bonchev–Trinajstić information content (AvgIpc) is 2.99. The number of carbonyl (C=O) groups excluding carboxylic acids is 2. The van der Waals surface area contributed by atoms with E-state index in [9.17, 15) is 19.2 Å². The smallest absolute Gasteiger partial charge is 0.308 e. The average molecular weight is 509 g/mol. The first-order valence-electron chi connectivity index (χ1n) is 8.86. The number of rotatable bonds is 5. The quantitative estimate of drug-likeness (QED) is 0.445. The zero-order valence-electron chi connectivity index (χ0n) is 16.8. The molecule has 1 radical (unpaired) electrons. The minimum atomic E-state index is -1.34. The van der Waals surface area contributed by atoms with Gasteiger partial charge in [-0.05, 0) is 47.8 Å². The molecule has 0 aromatic rings. The summed E-state index contributed by atoms with van der Waals surface area (Å²) in [5, 5.41) is 23.7. The second-order valence-electron chi connectivity index (χ2n) is 6.77. The number of carbonyl (C=O) groups is 4. The Balaban J connectivity index is -0.000000127. The Morgan fingerprint density at radius 2 is 0.967 bits per heavy atom. The number of Topliss-reactive ketones (excluding diaryl/α,β-unsaturated/α-hetero) is 2. The molecule has 2 saturated carbocycles. The maximum absolute atomic E-state index is 11.2. The topological polar surface area (TPSA) is 133 Å². The van der Waals surface area contributed by atoms with Gasteiger partial charge in [0.05, 0.1) is 11.8 Å². The van der Waals surface area contributed by atoms with Crippen LogP contribution in [0.15, 0.2) is 0 Å². The van der Waals surface area contributed by atoms with E-state index in [4.69, 9.17) is 10.2 Å². The molecule has 0 spiro atoms. The van der Waals surface area contributed by atoms with Crippen molar-refractivity contribution in [2.45, 2.75) is 67.9 Å². The maximum Gasteiger partial charge on any atom is 0.308 e. The zero-order valence-corrected chi connectivity index (χ0v) is 19.7. The van der Waals surface area contributed by atoms with Crippen LogP contribution in [0.25, 0.3) is 0 Å². The molecule has 0 aromatic carbocycles. The largest absolute Gasteiger partial charge is 0.481 e. The van der Waals surface area contributed by atoms with Crippen molar-refractivity contribution in [2.24, 2.45) is 23.7 Å². The summed E-state index contributed by atoms with van der Waals surface area (Å²) in [5.74, 6) is -8.18. The number of carboxylic acid groups (broad SMARTS) is 2. The van der Waals surface area contributed by atoms with Crippen molar-refractivity contribution >= 4 is 23.5 Å². The normalized spacial score (nSPS) is 23.5. The van der Waals surface area contributed by atoms with E-state index in [-0.39, 0.29) is 55.0 Å². The number of hydrogen-bond acceptors (Lipinski definition) is 6. The molecule has 4 N–H and O–H groups in total. The van der Waals surface area contributed by atoms with E-state index in [0.717, 1.165) is 6.04 Å². The Hall–Kier alpha value is -0.696. The maximum atomic E-state index is 11.2. The van der Waals surface area contributed by atoms with Gasteiger partial charge in [0.25, 0.3) is 0 Å². The van der Waals surface area contributed by atoms with Crippen LogP contribution in [0.5, 0.6) is 0 Å². The van der Waals surface area contributed by atoms with E-state index < -0.39 is 47.2 Å². The molecule has 0 saturated heterocycles. The molecule has 0 heterocycles. The number of carboxylic acids is 2. The van der Waals surface area contributed by atoms with Crippen molar-refractivity contribution in [1.29, 1.82) is 0 Å². The van der Waals surface area contributed by atoms with E-state index in [1.54, 1.807) is 0 Å². The molecule has 0 amide bonds. The Morgan fingerprint density at radius 1 is 0.700 bits per heavy atom. The van der Waals surface area contributed by atoms with E-state index in [1.807, 2.05) is 14.1 Å². The van der Waals surface area contributed by atoms with Crippen LogP contribution in [-0.4, -0.2) is 60.9 Å². The van der Waals surface area contributed by atoms with Crippen molar-refractivity contribution in [3.05, 3.63) is 0 Å². The minimum Gasteiger partial charge on any atom is -0.481 e. The molecule has 30 heavy (non-hydrogen) atoms. The molecule has 0 bridgehead atoms. The summed E-state index contributed by atoms with van der Waals surface area (Å²) in [6, 6.07) is 0.847. The number of hydrogen-bond donors (Lipinski definition) is 4. The summed E-state index contributed by atoms with van der Waals surface area (Å²) >= 11 is 0. The third-order valence-electron chi connectivity index (χ3n) is 4.82. The summed E-state index contributed by atoms with van der Waals surface area (Å²) in [6.45, 7) is 2.35. The first-order valence-corrected chi connectivity index (χ1v) is 8.86. The predicted molar refractivity (Wildman–Crippen MR) is 117 cm³/mol. The summed E-state index contributed by atoms with van der Waals surface area (Å²) in [4.78, 5) is 44.1. The number of ketones is 2. The summed E-state index contributed by atoms with van der Waals surface area (Å²) < 4.78 is 0. The molecule has 4 unspecified atom stereocenters. The molecular formula is C21H44N2O6Y. The molecule has 0 aromatic heterocycles. The first-order chi connectivity index (χ1) is 12.1. The molecule has 2 rings (SSSR count). The van der Waals surface area contributed by atoms with Gasteiger partial charge in [0.15, 0.2) is 0 Å². The fraction of sp³-hybridized carbons (Fsp3) is 0.810. The van der Waals surface area contributed by atoms with E-state index in [1.165, 1.54) is 39.5 Å². The van der Waals surface area contributed by atoms with Crippen molar-refractivity contribution in [2.75, 3.05) is 21.1 Å². The Labute approximate surface area is 208 Å². The van der Waals surface area contributed by atoms with E-state index >= 15 is 0 Å². The van der Waals surface area contributed by atoms with Gasteiger partial charge in [0.1, 0.15) is 11.6 Å². The number of nitrogens with one attached hydrogen (secondary N) is 2. The van der Waals surface area contributed by atoms with Crippen LogP contribution in [0.1, 0.15) is 61.8 Å². The van der Waals surface area contributed by atoms with Crippen LogP contribution in [0.4, 0.5) is 0 Å². The second kappa shape index (κ2) is 20.2. The predicted octanol–water partition coefficient (Wildman–Crippen LogP) is 2.70. The third-order valence-corrected chi connectivity index (χ3v) is 4.82. The molecule has 4 atom stereocenters. The van der Waals surface area contributed by atoms with Crippen LogP contribution >= 0.6 is 0 Å². The minimum absolute atomic E-state index is 0. The fourth-order valence-corrected chi connectivity index (χ4v) is 3.59. The fourth-order valence-electron chi connectivity index (χ4n) is 3.59. The monoisotopic (exact) mass is 509 g/mol. The molecule has 2 aliphatic carbocycles. The van der Waals surface area contributed by atoms with Crippen LogP contribution in [0.2, 0.25) is 0 Å². The van der Waals surface area contributed by atoms with Gasteiger partial charge >= 0.3 is 11.9 Å². The van der Waals surface area contributed by atoms with Gasteiger partial charge in [-0.15, -0.1) is 0 Å². The van der Waals surface area contributed by atoms with E-state index in [0.29, 0.717) is 0 Å². The Morgan fingerprint density at radius 3 is 1.10 bits per heavy atom. The van der Waals surface area contributed by atoms with Gasteiger partial charge in [-0.1, -0.05) is 35.1 Å². The van der Waals surface area contributed by atoms with Crippen molar-refractivity contribution in [3.63, 3.8) is 0 Å². The van der Waals surface area contributed by atoms with Crippen LogP contribution in [0, 0.1) is 23.7 Å². The van der Waals surface area contributed by atoms with Crippen LogP contribution in [0.3, 0.4) is 0 Å². The molecule has 2 fully saturated rings. The second-order valence-corrected chi connectivity index (χ2v) is 6.77.